The molecule has 0 radical (unpaired) electrons. The molecule has 0 amide bonds. The summed E-state index contributed by atoms with van der Waals surface area (Å²) >= 11 is 1.78. The van der Waals surface area contributed by atoms with Crippen molar-refractivity contribution in [3.63, 3.8) is 0 Å². The third-order valence-electron chi connectivity index (χ3n) is 13.8. The predicted octanol–water partition coefficient (Wildman–Crippen LogP) is 16.7. The fourth-order valence-corrected chi connectivity index (χ4v) is 11.7. The number of nitrogens with zero attached hydrogens (tertiary/aromatic N) is 3. The average molecular weight is 864 g/mol. The number of rotatable bonds is 5. The van der Waals surface area contributed by atoms with Crippen molar-refractivity contribution in [1.29, 1.82) is 0 Å². The molecule has 5 nitrogen and oxygen atoms in total. The predicted molar refractivity (Wildman–Crippen MR) is 272 cm³/mol. The summed E-state index contributed by atoms with van der Waals surface area (Å²) in [5, 5.41) is 6.42. The van der Waals surface area contributed by atoms with Crippen LogP contribution in [0, 0.1) is 0 Å². The van der Waals surface area contributed by atoms with Gasteiger partial charge in [0.1, 0.15) is 22.3 Å². The molecule has 0 bridgehead atoms. The van der Waals surface area contributed by atoms with Crippen LogP contribution in [0.5, 0.6) is 0 Å². The van der Waals surface area contributed by atoms with Crippen molar-refractivity contribution in [2.24, 2.45) is 0 Å². The number of aromatic nitrogens is 3. The zero-order valence-corrected chi connectivity index (χ0v) is 36.8. The highest BCUT2D eigenvalue weighted by Gasteiger charge is 2.36. The van der Waals surface area contributed by atoms with Crippen molar-refractivity contribution in [2.45, 2.75) is 19.3 Å². The topological polar surface area (TPSA) is 65.0 Å². The largest absolute Gasteiger partial charge is 0.456 e. The Hall–Kier alpha value is -8.19. The molecule has 14 rings (SSSR count). The minimum Gasteiger partial charge on any atom is -0.456 e. The van der Waals surface area contributed by atoms with Gasteiger partial charge < -0.3 is 8.83 Å². The average Bonchev–Trinajstić information content (AvgIpc) is 4.11. The fraction of sp³-hybridized carbons (Fsp3) is 0.0500. The van der Waals surface area contributed by atoms with Gasteiger partial charge in [-0.3, -0.25) is 0 Å². The molecule has 1 aliphatic rings. The molecule has 4 aromatic heterocycles. The van der Waals surface area contributed by atoms with E-state index in [-0.39, 0.29) is 5.41 Å². The molecular weight excluding hydrogens is 827 g/mol. The number of benzene rings is 9. The first kappa shape index (κ1) is 37.2. The molecule has 0 spiro atoms. The molecule has 310 valence electrons. The van der Waals surface area contributed by atoms with E-state index in [4.69, 9.17) is 23.8 Å². The highest BCUT2D eigenvalue weighted by molar-refractivity contribution is 7.25. The van der Waals surface area contributed by atoms with Gasteiger partial charge in [0.05, 0.1) is 0 Å². The van der Waals surface area contributed by atoms with Crippen molar-refractivity contribution < 1.29 is 8.83 Å². The molecule has 66 heavy (non-hydrogen) atoms. The number of furan rings is 2. The van der Waals surface area contributed by atoms with Gasteiger partial charge in [-0.2, -0.15) is 0 Å². The molecule has 0 unspecified atom stereocenters. The Kier molecular flexibility index (Phi) is 7.84. The van der Waals surface area contributed by atoms with Crippen LogP contribution in [0.25, 0.3) is 132 Å². The molecule has 0 saturated carbocycles. The summed E-state index contributed by atoms with van der Waals surface area (Å²) in [5.74, 6) is 1.74. The van der Waals surface area contributed by atoms with Gasteiger partial charge >= 0.3 is 0 Å². The van der Waals surface area contributed by atoms with E-state index in [1.165, 1.54) is 48.2 Å². The van der Waals surface area contributed by atoms with E-state index in [9.17, 15) is 0 Å². The standard InChI is InChI=1S/C60H37N3O2S/c1-60(2)46-18-6-3-13-41(46)54-38(15-9-19-47(54)60)35-26-24-34(25-27-35)36-29-31-49-45(32-36)55-43(16-10-21-50(55)64-49)58-61-57(37-28-30-40-39-12-4-7-20-48(39)65-51(40)33-37)62-59(63-58)44-17-11-23-53-56(44)42-14-5-8-22-52(42)66-53/h3-33H,1-2H3. The Balaban J connectivity index is 0.925. The zero-order valence-electron chi connectivity index (χ0n) is 36.0. The van der Waals surface area contributed by atoms with Crippen molar-refractivity contribution in [3.8, 4) is 67.5 Å². The molecular formula is C60H37N3O2S. The lowest BCUT2D eigenvalue weighted by Gasteiger charge is -2.21. The van der Waals surface area contributed by atoms with E-state index >= 15 is 0 Å². The van der Waals surface area contributed by atoms with E-state index in [1.54, 1.807) is 11.3 Å². The maximum atomic E-state index is 6.59. The highest BCUT2D eigenvalue weighted by Crippen LogP contribution is 2.52. The monoisotopic (exact) mass is 863 g/mol. The molecule has 0 N–H and O–H groups in total. The van der Waals surface area contributed by atoms with Crippen LogP contribution in [0.15, 0.2) is 197 Å². The van der Waals surface area contributed by atoms with Gasteiger partial charge in [-0.1, -0.05) is 153 Å². The van der Waals surface area contributed by atoms with Crippen molar-refractivity contribution in [2.75, 3.05) is 0 Å². The molecule has 0 saturated heterocycles. The van der Waals surface area contributed by atoms with Crippen LogP contribution in [-0.2, 0) is 5.41 Å². The highest BCUT2D eigenvalue weighted by atomic mass is 32.1. The SMILES string of the molecule is CC1(C)c2ccccc2-c2c(-c3ccc(-c4ccc5oc6cccc(-c7nc(-c8ccc9c(c8)oc8ccccc89)nc(-c8cccc9sc%10ccccc%10c89)n7)c6c5c4)cc3)cccc21. The number of hydrogen-bond acceptors (Lipinski definition) is 6. The normalized spacial score (nSPS) is 13.1. The number of thiophene rings is 1. The van der Waals surface area contributed by atoms with Gasteiger partial charge in [0.2, 0.25) is 0 Å². The zero-order chi connectivity index (χ0) is 43.7. The Morgan fingerprint density at radius 3 is 1.82 bits per heavy atom. The molecule has 13 aromatic rings. The minimum absolute atomic E-state index is 0.0509. The molecule has 0 atom stereocenters. The lowest BCUT2D eigenvalue weighted by atomic mass is 9.82. The van der Waals surface area contributed by atoms with Crippen LogP contribution < -0.4 is 0 Å². The maximum absolute atomic E-state index is 6.59. The van der Waals surface area contributed by atoms with Crippen LogP contribution in [0.2, 0.25) is 0 Å². The van der Waals surface area contributed by atoms with E-state index in [0.717, 1.165) is 77.1 Å². The molecule has 0 fully saturated rings. The first-order valence-corrected chi connectivity index (χ1v) is 23.1. The summed E-state index contributed by atoms with van der Waals surface area (Å²) in [6, 6.07) is 66.6. The second-order valence-corrected chi connectivity index (χ2v) is 18.9. The van der Waals surface area contributed by atoms with Crippen LogP contribution in [0.4, 0.5) is 0 Å². The van der Waals surface area contributed by atoms with Gasteiger partial charge in [-0.05, 0) is 93.0 Å². The van der Waals surface area contributed by atoms with Gasteiger partial charge in [-0.15, -0.1) is 11.3 Å². The van der Waals surface area contributed by atoms with Crippen molar-refractivity contribution in [3.05, 3.63) is 199 Å². The Bertz CT molecular complexity index is 4150. The summed E-state index contributed by atoms with van der Waals surface area (Å²) in [7, 11) is 0. The molecule has 6 heteroatoms. The van der Waals surface area contributed by atoms with Crippen LogP contribution in [-0.4, -0.2) is 15.0 Å². The Morgan fingerprint density at radius 2 is 0.939 bits per heavy atom. The third kappa shape index (κ3) is 5.49. The fourth-order valence-electron chi connectivity index (χ4n) is 10.6. The second kappa shape index (κ2) is 13.9. The summed E-state index contributed by atoms with van der Waals surface area (Å²) in [5.41, 5.74) is 15.9. The van der Waals surface area contributed by atoms with E-state index in [0.29, 0.717) is 17.5 Å². The molecule has 1 aliphatic carbocycles. The molecule has 4 heterocycles. The second-order valence-electron chi connectivity index (χ2n) is 17.9. The van der Waals surface area contributed by atoms with Crippen LogP contribution in [0.3, 0.4) is 0 Å². The lowest BCUT2D eigenvalue weighted by molar-refractivity contribution is 0.660. The van der Waals surface area contributed by atoms with Gasteiger partial charge in [-0.25, -0.2) is 15.0 Å². The first-order chi connectivity index (χ1) is 32.4. The number of hydrogen-bond donors (Lipinski definition) is 0. The smallest absolute Gasteiger partial charge is 0.164 e. The Labute approximate surface area is 383 Å². The first-order valence-electron chi connectivity index (χ1n) is 22.3. The lowest BCUT2D eigenvalue weighted by Crippen LogP contribution is -2.14. The summed E-state index contributed by atoms with van der Waals surface area (Å²) in [6.07, 6.45) is 0. The van der Waals surface area contributed by atoms with Crippen molar-refractivity contribution in [1.82, 2.24) is 15.0 Å². The summed E-state index contributed by atoms with van der Waals surface area (Å²) < 4.78 is 15.4. The summed E-state index contributed by atoms with van der Waals surface area (Å²) in [4.78, 5) is 15.9. The third-order valence-corrected chi connectivity index (χ3v) is 14.9. The number of para-hydroxylation sites is 1. The van der Waals surface area contributed by atoms with Gasteiger partial charge in [0, 0.05) is 63.8 Å². The van der Waals surface area contributed by atoms with Crippen LogP contribution in [0.1, 0.15) is 25.0 Å². The maximum Gasteiger partial charge on any atom is 0.164 e. The van der Waals surface area contributed by atoms with E-state index in [1.807, 2.05) is 30.3 Å². The van der Waals surface area contributed by atoms with Crippen LogP contribution >= 0.6 is 11.3 Å². The Morgan fingerprint density at radius 1 is 0.364 bits per heavy atom. The summed E-state index contributed by atoms with van der Waals surface area (Å²) in [6.45, 7) is 4.67. The van der Waals surface area contributed by atoms with Gasteiger partial charge in [0.25, 0.3) is 0 Å². The number of fused-ring (bicyclic) bond motifs is 12. The molecule has 9 aromatic carbocycles. The van der Waals surface area contributed by atoms with E-state index in [2.05, 4.69) is 172 Å². The minimum atomic E-state index is -0.0509. The van der Waals surface area contributed by atoms with Crippen molar-refractivity contribution >= 4 is 75.4 Å². The van der Waals surface area contributed by atoms with Gasteiger partial charge in [0.15, 0.2) is 17.5 Å². The van der Waals surface area contributed by atoms with E-state index < -0.39 is 0 Å². The quantitative estimate of drug-likeness (QED) is 0.172. The molecule has 0 aliphatic heterocycles.